The van der Waals surface area contributed by atoms with Crippen LogP contribution in [0.3, 0.4) is 0 Å². The minimum absolute atomic E-state index is 0.271. The molecule has 14 heavy (non-hydrogen) atoms. The van der Waals surface area contributed by atoms with Gasteiger partial charge in [-0.05, 0) is 31.2 Å². The summed E-state index contributed by atoms with van der Waals surface area (Å²) in [5.74, 6) is 0. The summed E-state index contributed by atoms with van der Waals surface area (Å²) in [6, 6.07) is 9.73. The second-order valence-electron chi connectivity index (χ2n) is 3.19. The molecule has 0 amide bonds. The monoisotopic (exact) mass is 190 g/mol. The van der Waals surface area contributed by atoms with Crippen LogP contribution < -0.4 is 5.32 Å². The number of nitrogens with one attached hydrogen (secondary N) is 1. The first-order chi connectivity index (χ1) is 6.76. The molecule has 1 aromatic carbocycles. The molecular formula is C11H14N2O. The predicted molar refractivity (Wildman–Crippen MR) is 56.1 cm³/mol. The second kappa shape index (κ2) is 5.25. The van der Waals surface area contributed by atoms with Gasteiger partial charge in [-0.3, -0.25) is 0 Å². The molecule has 0 saturated carbocycles. The average Bonchev–Trinajstić information content (AvgIpc) is 2.19. The molecule has 1 rings (SSSR count). The number of rotatable bonds is 4. The van der Waals surface area contributed by atoms with Crippen molar-refractivity contribution < 1.29 is 4.74 Å². The Kier molecular flexibility index (Phi) is 3.96. The van der Waals surface area contributed by atoms with Crippen molar-refractivity contribution in [2.75, 3.05) is 19.0 Å². The first kappa shape index (κ1) is 10.6. The fourth-order valence-corrected chi connectivity index (χ4v) is 1.22. The number of benzene rings is 1. The zero-order valence-electron chi connectivity index (χ0n) is 8.45. The quantitative estimate of drug-likeness (QED) is 0.789. The van der Waals surface area contributed by atoms with Crippen molar-refractivity contribution in [1.82, 2.24) is 0 Å². The van der Waals surface area contributed by atoms with Crippen molar-refractivity contribution in [1.29, 1.82) is 5.26 Å². The van der Waals surface area contributed by atoms with Crippen LogP contribution in [0.15, 0.2) is 24.3 Å². The lowest BCUT2D eigenvalue weighted by Gasteiger charge is -2.13. The maximum atomic E-state index is 8.60. The molecule has 0 spiro atoms. The Morgan fingerprint density at radius 1 is 1.43 bits per heavy atom. The van der Waals surface area contributed by atoms with Crippen molar-refractivity contribution in [2.45, 2.75) is 13.0 Å². The van der Waals surface area contributed by atoms with Crippen molar-refractivity contribution in [3.8, 4) is 6.07 Å². The third kappa shape index (κ3) is 3.08. The van der Waals surface area contributed by atoms with Gasteiger partial charge in [-0.1, -0.05) is 0 Å². The molecule has 0 aliphatic heterocycles. The molecule has 1 aromatic rings. The number of nitriles is 1. The van der Waals surface area contributed by atoms with Gasteiger partial charge in [0.2, 0.25) is 0 Å². The number of anilines is 1. The lowest BCUT2D eigenvalue weighted by molar-refractivity contribution is 0.190. The van der Waals surface area contributed by atoms with E-state index >= 15 is 0 Å². The largest absolute Gasteiger partial charge is 0.383 e. The zero-order valence-corrected chi connectivity index (χ0v) is 8.45. The van der Waals surface area contributed by atoms with Gasteiger partial charge in [0, 0.05) is 18.8 Å². The summed E-state index contributed by atoms with van der Waals surface area (Å²) >= 11 is 0. The Morgan fingerprint density at radius 3 is 2.57 bits per heavy atom. The SMILES string of the molecule is COCC(C)Nc1ccc(C#N)cc1. The molecule has 74 valence electrons. The lowest BCUT2D eigenvalue weighted by atomic mass is 10.2. The standard InChI is InChI=1S/C11H14N2O/c1-9(8-14-2)13-11-5-3-10(7-12)4-6-11/h3-6,9,13H,8H2,1-2H3. The fourth-order valence-electron chi connectivity index (χ4n) is 1.22. The summed E-state index contributed by atoms with van der Waals surface area (Å²) in [6.45, 7) is 2.71. The van der Waals surface area contributed by atoms with E-state index in [2.05, 4.69) is 11.4 Å². The van der Waals surface area contributed by atoms with E-state index in [0.29, 0.717) is 12.2 Å². The van der Waals surface area contributed by atoms with Gasteiger partial charge in [0.05, 0.1) is 18.2 Å². The summed E-state index contributed by atoms with van der Waals surface area (Å²) in [5.41, 5.74) is 1.68. The molecule has 1 atom stereocenters. The molecule has 0 aliphatic rings. The van der Waals surface area contributed by atoms with E-state index in [1.807, 2.05) is 19.1 Å². The summed E-state index contributed by atoms with van der Waals surface area (Å²) in [7, 11) is 1.68. The highest BCUT2D eigenvalue weighted by Gasteiger charge is 2.00. The molecule has 1 unspecified atom stereocenters. The van der Waals surface area contributed by atoms with Crippen LogP contribution in [-0.2, 0) is 4.74 Å². The van der Waals surface area contributed by atoms with E-state index in [9.17, 15) is 0 Å². The Bertz CT molecular complexity index is 313. The molecule has 3 heteroatoms. The van der Waals surface area contributed by atoms with Gasteiger partial charge in [-0.2, -0.15) is 5.26 Å². The third-order valence-corrected chi connectivity index (χ3v) is 1.84. The topological polar surface area (TPSA) is 45.0 Å². The summed E-state index contributed by atoms with van der Waals surface area (Å²) in [4.78, 5) is 0. The summed E-state index contributed by atoms with van der Waals surface area (Å²) < 4.78 is 5.01. The van der Waals surface area contributed by atoms with Crippen LogP contribution >= 0.6 is 0 Å². The van der Waals surface area contributed by atoms with Crippen LogP contribution in [0.25, 0.3) is 0 Å². The van der Waals surface area contributed by atoms with Crippen LogP contribution in [0.5, 0.6) is 0 Å². The van der Waals surface area contributed by atoms with Gasteiger partial charge in [-0.15, -0.1) is 0 Å². The van der Waals surface area contributed by atoms with Crippen LogP contribution in [0.2, 0.25) is 0 Å². The van der Waals surface area contributed by atoms with Gasteiger partial charge in [0.1, 0.15) is 0 Å². The Hall–Kier alpha value is -1.53. The smallest absolute Gasteiger partial charge is 0.0991 e. The Labute approximate surface area is 84.3 Å². The number of methoxy groups -OCH3 is 1. The average molecular weight is 190 g/mol. The Morgan fingerprint density at radius 2 is 2.07 bits per heavy atom. The molecule has 0 bridgehead atoms. The molecule has 0 radical (unpaired) electrons. The van der Waals surface area contributed by atoms with E-state index in [1.165, 1.54) is 0 Å². The van der Waals surface area contributed by atoms with Gasteiger partial charge in [0.25, 0.3) is 0 Å². The van der Waals surface area contributed by atoms with Crippen LogP contribution in [0.1, 0.15) is 12.5 Å². The van der Waals surface area contributed by atoms with Crippen LogP contribution in [0, 0.1) is 11.3 Å². The van der Waals surface area contributed by atoms with Gasteiger partial charge in [-0.25, -0.2) is 0 Å². The lowest BCUT2D eigenvalue weighted by Crippen LogP contribution is -2.20. The van der Waals surface area contributed by atoms with Gasteiger partial charge < -0.3 is 10.1 Å². The van der Waals surface area contributed by atoms with Crippen LogP contribution in [-0.4, -0.2) is 19.8 Å². The van der Waals surface area contributed by atoms with E-state index in [4.69, 9.17) is 10.00 Å². The minimum atomic E-state index is 0.271. The highest BCUT2D eigenvalue weighted by atomic mass is 16.5. The number of nitrogens with zero attached hydrogens (tertiary/aromatic N) is 1. The maximum Gasteiger partial charge on any atom is 0.0991 e. The van der Waals surface area contributed by atoms with Crippen molar-refractivity contribution in [3.05, 3.63) is 29.8 Å². The molecule has 0 fully saturated rings. The third-order valence-electron chi connectivity index (χ3n) is 1.84. The predicted octanol–water partition coefficient (Wildman–Crippen LogP) is 2.01. The first-order valence-corrected chi connectivity index (χ1v) is 4.52. The first-order valence-electron chi connectivity index (χ1n) is 4.52. The molecule has 1 N–H and O–H groups in total. The van der Waals surface area contributed by atoms with E-state index < -0.39 is 0 Å². The van der Waals surface area contributed by atoms with Gasteiger partial charge >= 0.3 is 0 Å². The number of hydrogen-bond donors (Lipinski definition) is 1. The fraction of sp³-hybridized carbons (Fsp3) is 0.364. The zero-order chi connectivity index (χ0) is 10.4. The maximum absolute atomic E-state index is 8.60. The van der Waals surface area contributed by atoms with Crippen LogP contribution in [0.4, 0.5) is 5.69 Å². The van der Waals surface area contributed by atoms with Crippen molar-refractivity contribution in [2.24, 2.45) is 0 Å². The normalized spacial score (nSPS) is 11.8. The highest BCUT2D eigenvalue weighted by molar-refractivity contribution is 5.47. The van der Waals surface area contributed by atoms with Gasteiger partial charge in [0.15, 0.2) is 0 Å². The number of ether oxygens (including phenoxy) is 1. The summed E-state index contributed by atoms with van der Waals surface area (Å²) in [6.07, 6.45) is 0. The molecule has 0 aromatic heterocycles. The van der Waals surface area contributed by atoms with Crippen molar-refractivity contribution in [3.63, 3.8) is 0 Å². The second-order valence-corrected chi connectivity index (χ2v) is 3.19. The van der Waals surface area contributed by atoms with E-state index in [0.717, 1.165) is 5.69 Å². The molecule has 0 saturated heterocycles. The van der Waals surface area contributed by atoms with E-state index in [1.54, 1.807) is 19.2 Å². The van der Waals surface area contributed by atoms with Crippen molar-refractivity contribution >= 4 is 5.69 Å². The Balaban J connectivity index is 2.56. The molecule has 0 aliphatic carbocycles. The molecule has 0 heterocycles. The minimum Gasteiger partial charge on any atom is -0.383 e. The van der Waals surface area contributed by atoms with E-state index in [-0.39, 0.29) is 6.04 Å². The number of hydrogen-bond acceptors (Lipinski definition) is 3. The molecular weight excluding hydrogens is 176 g/mol. The highest BCUT2D eigenvalue weighted by Crippen LogP contribution is 2.09. The molecule has 3 nitrogen and oxygen atoms in total. The summed E-state index contributed by atoms with van der Waals surface area (Å²) in [5, 5.41) is 11.9.